The Morgan fingerprint density at radius 2 is 1.50 bits per heavy atom. The van der Waals surface area contributed by atoms with Crippen LogP contribution in [0.2, 0.25) is 0 Å². The molecule has 0 radical (unpaired) electrons. The van der Waals surface area contributed by atoms with Crippen molar-refractivity contribution in [1.29, 1.82) is 0 Å². The summed E-state index contributed by atoms with van der Waals surface area (Å²) in [5.41, 5.74) is 7.53. The zero-order valence-corrected chi connectivity index (χ0v) is 21.0. The van der Waals surface area contributed by atoms with Gasteiger partial charge in [-0.1, -0.05) is 58.0 Å². The molecule has 11 nitrogen and oxygen atoms in total. The summed E-state index contributed by atoms with van der Waals surface area (Å²) < 4.78 is 0. The zero-order chi connectivity index (χ0) is 26.8. The minimum Gasteiger partial charge on any atom is -0.480 e. The minimum absolute atomic E-state index is 0.0499. The van der Waals surface area contributed by atoms with Crippen molar-refractivity contribution in [3.8, 4) is 0 Å². The normalized spacial score (nSPS) is 14.5. The van der Waals surface area contributed by atoms with E-state index >= 15 is 0 Å². The van der Waals surface area contributed by atoms with Gasteiger partial charge in [-0.2, -0.15) is 0 Å². The molecular weight excluding hydrogens is 464 g/mol. The molecule has 36 heavy (non-hydrogen) atoms. The number of imidazole rings is 1. The highest BCUT2D eigenvalue weighted by molar-refractivity contribution is 5.94. The van der Waals surface area contributed by atoms with Crippen LogP contribution in [0.4, 0.5) is 0 Å². The highest BCUT2D eigenvalue weighted by Crippen LogP contribution is 2.08. The van der Waals surface area contributed by atoms with Crippen LogP contribution in [0, 0.1) is 11.8 Å². The van der Waals surface area contributed by atoms with E-state index in [2.05, 4.69) is 25.9 Å². The molecule has 0 spiro atoms. The second-order valence-electron chi connectivity index (χ2n) is 9.44. The second kappa shape index (κ2) is 13.4. The third kappa shape index (κ3) is 8.49. The molecule has 0 saturated heterocycles. The number of aliphatic carboxylic acids is 1. The number of nitrogens with one attached hydrogen (secondary N) is 4. The van der Waals surface area contributed by atoms with E-state index in [-0.39, 0.29) is 18.3 Å². The third-order valence-corrected chi connectivity index (χ3v) is 5.72. The van der Waals surface area contributed by atoms with Crippen molar-refractivity contribution in [3.63, 3.8) is 0 Å². The predicted molar refractivity (Wildman–Crippen MR) is 134 cm³/mol. The highest BCUT2D eigenvalue weighted by atomic mass is 16.4. The van der Waals surface area contributed by atoms with Crippen LogP contribution in [-0.4, -0.2) is 62.9 Å². The van der Waals surface area contributed by atoms with Gasteiger partial charge in [-0.05, 0) is 23.8 Å². The molecule has 2 aromatic rings. The summed E-state index contributed by atoms with van der Waals surface area (Å²) in [5, 5.41) is 17.3. The molecule has 0 aliphatic rings. The number of nitrogens with zero attached hydrogens (tertiary/aromatic N) is 1. The second-order valence-corrected chi connectivity index (χ2v) is 9.44. The molecule has 196 valence electrons. The molecule has 0 fully saturated rings. The van der Waals surface area contributed by atoms with E-state index < -0.39 is 47.9 Å². The average molecular weight is 501 g/mol. The molecule has 7 N–H and O–H groups in total. The van der Waals surface area contributed by atoms with E-state index in [0.29, 0.717) is 12.1 Å². The Hall–Kier alpha value is -3.73. The van der Waals surface area contributed by atoms with Crippen LogP contribution >= 0.6 is 0 Å². The van der Waals surface area contributed by atoms with Crippen molar-refractivity contribution in [2.75, 3.05) is 0 Å². The first-order valence-electron chi connectivity index (χ1n) is 11.9. The van der Waals surface area contributed by atoms with E-state index in [1.165, 1.54) is 12.5 Å². The smallest absolute Gasteiger partial charge is 0.326 e. The summed E-state index contributed by atoms with van der Waals surface area (Å²) in [4.78, 5) is 57.4. The highest BCUT2D eigenvalue weighted by Gasteiger charge is 2.32. The number of amides is 3. The maximum atomic E-state index is 13.2. The van der Waals surface area contributed by atoms with Crippen molar-refractivity contribution >= 4 is 23.7 Å². The summed E-state index contributed by atoms with van der Waals surface area (Å²) in [6.07, 6.45) is 3.30. The van der Waals surface area contributed by atoms with Crippen molar-refractivity contribution < 1.29 is 24.3 Å². The SMILES string of the molecule is CC(C)C(NC(=O)C(Cc1cnc[nH]1)NC(=O)C(NC(=O)C(N)Cc1ccccc1)C(C)C)C(=O)O. The van der Waals surface area contributed by atoms with E-state index in [1.807, 2.05) is 30.3 Å². The number of hydrogen-bond acceptors (Lipinski definition) is 6. The zero-order valence-electron chi connectivity index (χ0n) is 21.0. The molecule has 4 unspecified atom stereocenters. The number of carbonyl (C=O) groups excluding carboxylic acids is 3. The molecule has 0 aliphatic heterocycles. The predicted octanol–water partition coefficient (Wildman–Crippen LogP) is 0.373. The van der Waals surface area contributed by atoms with Gasteiger partial charge >= 0.3 is 5.97 Å². The number of H-pyrrole nitrogens is 1. The number of nitrogens with two attached hydrogens (primary N) is 1. The quantitative estimate of drug-likeness (QED) is 0.230. The van der Waals surface area contributed by atoms with Gasteiger partial charge in [-0.25, -0.2) is 9.78 Å². The van der Waals surface area contributed by atoms with Gasteiger partial charge in [0.25, 0.3) is 0 Å². The lowest BCUT2D eigenvalue weighted by Crippen LogP contribution is -2.59. The molecule has 1 aromatic carbocycles. The summed E-state index contributed by atoms with van der Waals surface area (Å²) >= 11 is 0. The van der Waals surface area contributed by atoms with Crippen molar-refractivity contribution in [2.45, 2.75) is 64.7 Å². The largest absolute Gasteiger partial charge is 0.480 e. The van der Waals surface area contributed by atoms with E-state index in [4.69, 9.17) is 5.73 Å². The molecule has 11 heteroatoms. The molecular formula is C25H36N6O5. The van der Waals surface area contributed by atoms with E-state index in [9.17, 15) is 24.3 Å². The van der Waals surface area contributed by atoms with Crippen LogP contribution in [0.5, 0.6) is 0 Å². The van der Waals surface area contributed by atoms with Crippen molar-refractivity contribution in [2.24, 2.45) is 17.6 Å². The fraction of sp³-hybridized carbons (Fsp3) is 0.480. The molecule has 1 aromatic heterocycles. The number of benzene rings is 1. The summed E-state index contributed by atoms with van der Waals surface area (Å²) in [5.74, 6) is -3.59. The molecule has 0 saturated carbocycles. The first kappa shape index (κ1) is 28.5. The lowest BCUT2D eigenvalue weighted by Gasteiger charge is -2.27. The fourth-order valence-corrected chi connectivity index (χ4v) is 3.61. The fourth-order valence-electron chi connectivity index (χ4n) is 3.61. The number of aromatic amines is 1. The molecule has 1 heterocycles. The van der Waals surface area contributed by atoms with Crippen molar-refractivity contribution in [3.05, 3.63) is 54.1 Å². The van der Waals surface area contributed by atoms with Gasteiger partial charge in [0.2, 0.25) is 17.7 Å². The minimum atomic E-state index is -1.18. The Morgan fingerprint density at radius 3 is 2.03 bits per heavy atom. The standard InChI is InChI=1S/C25H36N6O5/c1-14(2)20(30-22(32)18(26)10-16-8-6-5-7-9-16)24(34)29-19(11-17-12-27-13-28-17)23(33)31-21(15(3)4)25(35)36/h5-9,12-15,18-21H,10-11,26H2,1-4H3,(H,27,28)(H,29,34)(H,30,32)(H,31,33)(H,35,36). The number of carbonyl (C=O) groups is 4. The van der Waals surface area contributed by atoms with Crippen LogP contribution < -0.4 is 21.7 Å². The molecule has 0 bridgehead atoms. The number of aromatic nitrogens is 2. The first-order chi connectivity index (χ1) is 17.0. The summed E-state index contributed by atoms with van der Waals surface area (Å²) in [6.45, 7) is 6.86. The van der Waals surface area contributed by atoms with E-state index in [0.717, 1.165) is 5.56 Å². The van der Waals surface area contributed by atoms with Gasteiger partial charge in [0.1, 0.15) is 18.1 Å². The van der Waals surface area contributed by atoms with Crippen molar-refractivity contribution in [1.82, 2.24) is 25.9 Å². The van der Waals surface area contributed by atoms with Gasteiger partial charge in [0.05, 0.1) is 12.4 Å². The Labute approximate surface area is 210 Å². The van der Waals surface area contributed by atoms with Gasteiger partial charge in [0, 0.05) is 18.3 Å². The van der Waals surface area contributed by atoms with Gasteiger partial charge < -0.3 is 31.8 Å². The van der Waals surface area contributed by atoms with Gasteiger partial charge in [0.15, 0.2) is 0 Å². The number of carboxylic acids is 1. The van der Waals surface area contributed by atoms with Crippen LogP contribution in [0.25, 0.3) is 0 Å². The Morgan fingerprint density at radius 1 is 0.889 bits per heavy atom. The molecule has 0 aliphatic carbocycles. The van der Waals surface area contributed by atoms with Crippen LogP contribution in [-0.2, 0) is 32.0 Å². The maximum absolute atomic E-state index is 13.2. The number of carboxylic acid groups (broad SMARTS) is 1. The van der Waals surface area contributed by atoms with E-state index in [1.54, 1.807) is 27.7 Å². The maximum Gasteiger partial charge on any atom is 0.326 e. The summed E-state index contributed by atoms with van der Waals surface area (Å²) in [6, 6.07) is 5.23. The lowest BCUT2D eigenvalue weighted by atomic mass is 10.00. The van der Waals surface area contributed by atoms with Crippen LogP contribution in [0.3, 0.4) is 0 Å². The van der Waals surface area contributed by atoms with Crippen LogP contribution in [0.1, 0.15) is 39.0 Å². The monoisotopic (exact) mass is 500 g/mol. The first-order valence-corrected chi connectivity index (χ1v) is 11.9. The molecule has 2 rings (SSSR count). The average Bonchev–Trinajstić information content (AvgIpc) is 3.33. The Kier molecular flexibility index (Phi) is 10.6. The van der Waals surface area contributed by atoms with Crippen LogP contribution in [0.15, 0.2) is 42.9 Å². The number of hydrogen-bond donors (Lipinski definition) is 6. The van der Waals surface area contributed by atoms with Gasteiger partial charge in [-0.15, -0.1) is 0 Å². The Bertz CT molecular complexity index is 1010. The molecule has 4 atom stereocenters. The lowest BCUT2D eigenvalue weighted by molar-refractivity contribution is -0.143. The molecule has 3 amide bonds. The van der Waals surface area contributed by atoms with Gasteiger partial charge in [-0.3, -0.25) is 14.4 Å². The third-order valence-electron chi connectivity index (χ3n) is 5.72. The number of rotatable bonds is 13. The topological polar surface area (TPSA) is 179 Å². The Balaban J connectivity index is 2.14. The summed E-state index contributed by atoms with van der Waals surface area (Å²) in [7, 11) is 0.